The fraction of sp³-hybridized carbons (Fsp3) is 0.333. The summed E-state index contributed by atoms with van der Waals surface area (Å²) in [6.07, 6.45) is 0. The molecule has 0 saturated heterocycles. The molecule has 0 saturated carbocycles. The molecule has 1 aromatic carbocycles. The fourth-order valence-corrected chi connectivity index (χ4v) is 1.48. The minimum Gasteiger partial charge on any atom is -0.502 e. The Morgan fingerprint density at radius 3 is 1.65 bits per heavy atom. The van der Waals surface area contributed by atoms with Crippen LogP contribution in [-0.2, 0) is 0 Å². The van der Waals surface area contributed by atoms with Crippen molar-refractivity contribution in [2.45, 2.75) is 19.8 Å². The first-order valence-corrected chi connectivity index (χ1v) is 4.65. The quantitative estimate of drug-likeness (QED) is 0.616. The van der Waals surface area contributed by atoms with Crippen LogP contribution < -0.4 is 0 Å². The lowest BCUT2D eigenvalue weighted by Gasteiger charge is -2.10. The lowest BCUT2D eigenvalue weighted by atomic mass is 9.99. The van der Waals surface area contributed by atoms with E-state index in [4.69, 9.17) is 0 Å². The summed E-state index contributed by atoms with van der Waals surface area (Å²) >= 11 is 0. The van der Waals surface area contributed by atoms with Gasteiger partial charge < -0.3 is 10.2 Å². The molecule has 0 aliphatic heterocycles. The summed E-state index contributed by atoms with van der Waals surface area (Å²) in [6, 6.07) is 0.538. The monoisotopic (exact) mass is 242 g/mol. The lowest BCUT2D eigenvalue weighted by Crippen LogP contribution is -1.99. The van der Waals surface area contributed by atoms with Crippen LogP contribution in [0.2, 0.25) is 0 Å². The molecule has 0 aliphatic carbocycles. The molecule has 0 aromatic heterocycles. The average molecular weight is 242 g/mol. The normalized spacial score (nSPS) is 10.5. The van der Waals surface area contributed by atoms with Crippen molar-refractivity contribution in [3.05, 3.63) is 31.9 Å². The van der Waals surface area contributed by atoms with Crippen molar-refractivity contribution in [3.8, 4) is 11.5 Å². The summed E-state index contributed by atoms with van der Waals surface area (Å²) in [5, 5.41) is 40.4. The highest BCUT2D eigenvalue weighted by atomic mass is 16.6. The summed E-state index contributed by atoms with van der Waals surface area (Å²) < 4.78 is 0. The zero-order valence-electron chi connectivity index (χ0n) is 9.08. The second-order valence-corrected chi connectivity index (χ2v) is 3.69. The first-order valence-electron chi connectivity index (χ1n) is 4.65. The molecule has 0 unspecified atom stereocenters. The molecule has 0 aliphatic rings. The number of rotatable bonds is 3. The van der Waals surface area contributed by atoms with Crippen LogP contribution in [0.15, 0.2) is 6.07 Å². The van der Waals surface area contributed by atoms with Crippen molar-refractivity contribution in [3.63, 3.8) is 0 Å². The van der Waals surface area contributed by atoms with Crippen LogP contribution in [0.4, 0.5) is 11.4 Å². The number of nitro groups is 2. The second-order valence-electron chi connectivity index (χ2n) is 3.69. The van der Waals surface area contributed by atoms with Gasteiger partial charge in [-0.1, -0.05) is 13.8 Å². The molecule has 0 amide bonds. The molecule has 0 spiro atoms. The number of benzene rings is 1. The average Bonchev–Trinajstić information content (AvgIpc) is 2.15. The van der Waals surface area contributed by atoms with Gasteiger partial charge in [-0.2, -0.15) is 0 Å². The standard InChI is InChI=1S/C9H10N2O6/c1-4(2)7-8(12)5(10(14)15)3-6(9(7)13)11(16)17/h3-4,12-13H,1-2H3. The molecule has 17 heavy (non-hydrogen) atoms. The maximum absolute atomic E-state index is 10.6. The van der Waals surface area contributed by atoms with E-state index in [2.05, 4.69) is 0 Å². The maximum Gasteiger partial charge on any atom is 0.318 e. The van der Waals surface area contributed by atoms with Crippen molar-refractivity contribution in [1.29, 1.82) is 0 Å². The summed E-state index contributed by atoms with van der Waals surface area (Å²) in [4.78, 5) is 19.4. The topological polar surface area (TPSA) is 127 Å². The number of hydrogen-bond acceptors (Lipinski definition) is 6. The first kappa shape index (κ1) is 12.7. The van der Waals surface area contributed by atoms with E-state index in [0.717, 1.165) is 0 Å². The Morgan fingerprint density at radius 2 is 1.41 bits per heavy atom. The summed E-state index contributed by atoms with van der Waals surface area (Å²) in [7, 11) is 0. The van der Waals surface area contributed by atoms with Crippen molar-refractivity contribution in [1.82, 2.24) is 0 Å². The number of phenolic OH excluding ortho intramolecular Hbond substituents is 2. The van der Waals surface area contributed by atoms with Crippen molar-refractivity contribution in [2.75, 3.05) is 0 Å². The van der Waals surface area contributed by atoms with E-state index in [9.17, 15) is 30.4 Å². The van der Waals surface area contributed by atoms with Crippen molar-refractivity contribution < 1.29 is 20.1 Å². The second kappa shape index (κ2) is 4.24. The SMILES string of the molecule is CC(C)c1c(O)c([N+](=O)[O-])cc([N+](=O)[O-])c1O. The van der Waals surface area contributed by atoms with Crippen LogP contribution in [-0.4, -0.2) is 20.1 Å². The molecule has 8 nitrogen and oxygen atoms in total. The van der Waals surface area contributed by atoms with Crippen LogP contribution in [0.3, 0.4) is 0 Å². The minimum absolute atomic E-state index is 0.203. The Kier molecular flexibility index (Phi) is 3.16. The number of aromatic hydroxyl groups is 2. The number of nitrogens with zero attached hydrogens (tertiary/aromatic N) is 2. The molecular weight excluding hydrogens is 232 g/mol. The fourth-order valence-electron chi connectivity index (χ4n) is 1.48. The predicted octanol–water partition coefficient (Wildman–Crippen LogP) is 2.04. The number of nitro benzene ring substituents is 2. The van der Waals surface area contributed by atoms with Crippen molar-refractivity contribution in [2.24, 2.45) is 0 Å². The van der Waals surface area contributed by atoms with Gasteiger partial charge in [0.2, 0.25) is 11.5 Å². The minimum atomic E-state index is -0.937. The Labute approximate surface area is 95.4 Å². The molecule has 1 rings (SSSR count). The third kappa shape index (κ3) is 2.10. The summed E-state index contributed by atoms with van der Waals surface area (Å²) in [5.41, 5.74) is -1.79. The molecule has 2 N–H and O–H groups in total. The zero-order chi connectivity index (χ0) is 13.3. The highest BCUT2D eigenvalue weighted by molar-refractivity contribution is 5.66. The molecule has 92 valence electrons. The largest absolute Gasteiger partial charge is 0.502 e. The van der Waals surface area contributed by atoms with E-state index in [1.807, 2.05) is 0 Å². The van der Waals surface area contributed by atoms with Gasteiger partial charge in [0, 0.05) is 0 Å². The third-order valence-corrected chi connectivity index (χ3v) is 2.24. The molecule has 0 fully saturated rings. The van der Waals surface area contributed by atoms with E-state index < -0.39 is 38.6 Å². The third-order valence-electron chi connectivity index (χ3n) is 2.24. The van der Waals surface area contributed by atoms with Crippen LogP contribution in [0.25, 0.3) is 0 Å². The van der Waals surface area contributed by atoms with Gasteiger partial charge >= 0.3 is 11.4 Å². The zero-order valence-corrected chi connectivity index (χ0v) is 9.08. The van der Waals surface area contributed by atoms with Crippen LogP contribution in [0, 0.1) is 20.2 Å². The maximum atomic E-state index is 10.6. The van der Waals surface area contributed by atoms with Crippen LogP contribution >= 0.6 is 0 Å². The highest BCUT2D eigenvalue weighted by Gasteiger charge is 2.30. The van der Waals surface area contributed by atoms with Gasteiger partial charge in [-0.15, -0.1) is 0 Å². The Balaban J connectivity index is 3.69. The van der Waals surface area contributed by atoms with Gasteiger partial charge in [-0.3, -0.25) is 20.2 Å². The van der Waals surface area contributed by atoms with E-state index in [1.165, 1.54) is 0 Å². The van der Waals surface area contributed by atoms with E-state index >= 15 is 0 Å². The summed E-state index contributed by atoms with van der Waals surface area (Å²) in [5.74, 6) is -1.98. The Hall–Kier alpha value is -2.38. The number of phenols is 2. The summed E-state index contributed by atoms with van der Waals surface area (Å²) in [6.45, 7) is 3.09. The molecule has 0 heterocycles. The van der Waals surface area contributed by atoms with E-state index in [-0.39, 0.29) is 5.56 Å². The highest BCUT2D eigenvalue weighted by Crippen LogP contribution is 2.45. The van der Waals surface area contributed by atoms with E-state index in [0.29, 0.717) is 6.07 Å². The molecule has 8 heteroatoms. The van der Waals surface area contributed by atoms with Crippen molar-refractivity contribution >= 4 is 11.4 Å². The van der Waals surface area contributed by atoms with Crippen LogP contribution in [0.1, 0.15) is 25.3 Å². The molecule has 0 atom stereocenters. The van der Waals surface area contributed by atoms with Gasteiger partial charge in [-0.05, 0) is 5.92 Å². The van der Waals surface area contributed by atoms with Gasteiger partial charge in [0.1, 0.15) is 6.07 Å². The molecular formula is C9H10N2O6. The predicted molar refractivity (Wildman–Crippen MR) is 57.2 cm³/mol. The van der Waals surface area contributed by atoms with Gasteiger partial charge in [0.05, 0.1) is 15.4 Å². The lowest BCUT2D eigenvalue weighted by molar-refractivity contribution is -0.395. The Bertz CT molecular complexity index is 458. The molecule has 0 bridgehead atoms. The molecule has 0 radical (unpaired) electrons. The van der Waals surface area contributed by atoms with Gasteiger partial charge in [0.15, 0.2) is 0 Å². The van der Waals surface area contributed by atoms with Crippen LogP contribution in [0.5, 0.6) is 11.5 Å². The Morgan fingerprint density at radius 1 is 1.06 bits per heavy atom. The molecule has 1 aromatic rings. The van der Waals surface area contributed by atoms with Gasteiger partial charge in [0.25, 0.3) is 0 Å². The number of hydrogen-bond donors (Lipinski definition) is 2. The van der Waals surface area contributed by atoms with E-state index in [1.54, 1.807) is 13.8 Å². The smallest absolute Gasteiger partial charge is 0.318 e. The first-order chi connectivity index (χ1) is 7.77. The van der Waals surface area contributed by atoms with Gasteiger partial charge in [-0.25, -0.2) is 0 Å².